The molecule has 0 saturated carbocycles. The molecule has 1 aromatic carbocycles. The maximum atomic E-state index is 10.1. The molecule has 2 saturated heterocycles. The number of para-hydroxylation sites is 1. The molecule has 2 fully saturated rings. The highest BCUT2D eigenvalue weighted by Gasteiger charge is 2.51. The third kappa shape index (κ3) is 1.96. The minimum absolute atomic E-state index is 0.190. The van der Waals surface area contributed by atoms with Crippen molar-refractivity contribution in [2.75, 3.05) is 19.6 Å². The number of fused-ring (bicyclic) bond motifs is 1. The molecule has 0 amide bonds. The van der Waals surface area contributed by atoms with Gasteiger partial charge in [0.25, 0.3) is 0 Å². The summed E-state index contributed by atoms with van der Waals surface area (Å²) in [5, 5.41) is 13.6. The molecule has 2 aliphatic heterocycles. The van der Waals surface area contributed by atoms with Crippen molar-refractivity contribution in [3.63, 3.8) is 0 Å². The maximum absolute atomic E-state index is 10.1. The Bertz CT molecular complexity index is 472. The van der Waals surface area contributed by atoms with Gasteiger partial charge in [0.1, 0.15) is 5.75 Å². The number of hydrogen-bond donors (Lipinski definition) is 2. The summed E-state index contributed by atoms with van der Waals surface area (Å²) in [6.07, 6.45) is 0. The molecular formula is C16H24N2O. The molecule has 3 rings (SSSR count). The Labute approximate surface area is 115 Å². The molecule has 3 heteroatoms. The molecule has 0 aliphatic carbocycles. The van der Waals surface area contributed by atoms with Crippen molar-refractivity contribution in [1.82, 2.24) is 10.2 Å². The van der Waals surface area contributed by atoms with Crippen LogP contribution in [0.25, 0.3) is 0 Å². The second-order valence-corrected chi connectivity index (χ2v) is 6.57. The lowest BCUT2D eigenvalue weighted by Crippen LogP contribution is -2.45. The monoisotopic (exact) mass is 260 g/mol. The molecule has 0 radical (unpaired) electrons. The van der Waals surface area contributed by atoms with Crippen LogP contribution in [0.2, 0.25) is 0 Å². The second kappa shape index (κ2) is 4.50. The molecule has 2 aliphatic rings. The smallest absolute Gasteiger partial charge is 0.120 e. The van der Waals surface area contributed by atoms with Crippen LogP contribution in [0.5, 0.6) is 5.75 Å². The van der Waals surface area contributed by atoms with Gasteiger partial charge >= 0.3 is 0 Å². The van der Waals surface area contributed by atoms with Crippen molar-refractivity contribution < 1.29 is 5.11 Å². The lowest BCUT2D eigenvalue weighted by molar-refractivity contribution is 0.0958. The number of likely N-dealkylation sites (tertiary alicyclic amines) is 1. The Morgan fingerprint density at radius 1 is 1.32 bits per heavy atom. The molecule has 3 atom stereocenters. The summed E-state index contributed by atoms with van der Waals surface area (Å²) in [5.74, 6) is 1.89. The van der Waals surface area contributed by atoms with E-state index in [1.807, 2.05) is 18.2 Å². The number of benzene rings is 1. The van der Waals surface area contributed by atoms with Crippen LogP contribution in [-0.2, 0) is 0 Å². The van der Waals surface area contributed by atoms with Crippen LogP contribution in [0.1, 0.15) is 32.4 Å². The second-order valence-electron chi connectivity index (χ2n) is 6.57. The Hall–Kier alpha value is -1.06. The van der Waals surface area contributed by atoms with Gasteiger partial charge in [-0.15, -0.1) is 0 Å². The number of hydrogen-bond acceptors (Lipinski definition) is 3. The van der Waals surface area contributed by atoms with Crippen LogP contribution in [-0.4, -0.2) is 35.2 Å². The summed E-state index contributed by atoms with van der Waals surface area (Å²) in [7, 11) is 0. The van der Waals surface area contributed by atoms with E-state index in [1.165, 1.54) is 0 Å². The van der Waals surface area contributed by atoms with E-state index in [-0.39, 0.29) is 11.6 Å². The predicted octanol–water partition coefficient (Wildman–Crippen LogP) is 2.38. The van der Waals surface area contributed by atoms with E-state index in [4.69, 9.17) is 0 Å². The fraction of sp³-hybridized carbons (Fsp3) is 0.625. The van der Waals surface area contributed by atoms with Crippen molar-refractivity contribution in [2.24, 2.45) is 11.8 Å². The fourth-order valence-electron chi connectivity index (χ4n) is 4.12. The molecule has 3 nitrogen and oxygen atoms in total. The summed E-state index contributed by atoms with van der Waals surface area (Å²) in [6.45, 7) is 10.3. The molecule has 1 aromatic rings. The van der Waals surface area contributed by atoms with Crippen LogP contribution in [0, 0.1) is 11.8 Å². The van der Waals surface area contributed by atoms with Gasteiger partial charge < -0.3 is 10.4 Å². The van der Waals surface area contributed by atoms with Crippen LogP contribution < -0.4 is 5.32 Å². The number of phenols is 1. The van der Waals surface area contributed by atoms with Gasteiger partial charge in [-0.2, -0.15) is 0 Å². The van der Waals surface area contributed by atoms with E-state index in [9.17, 15) is 5.11 Å². The van der Waals surface area contributed by atoms with Crippen molar-refractivity contribution >= 4 is 0 Å². The zero-order chi connectivity index (χ0) is 13.6. The van der Waals surface area contributed by atoms with E-state index in [2.05, 4.69) is 31.0 Å². The molecule has 19 heavy (non-hydrogen) atoms. The number of rotatable bonds is 2. The summed E-state index contributed by atoms with van der Waals surface area (Å²) >= 11 is 0. The summed E-state index contributed by atoms with van der Waals surface area (Å²) < 4.78 is 0. The normalized spacial score (nSPS) is 31.3. The topological polar surface area (TPSA) is 35.5 Å². The SMILES string of the molecule is CC(c1ccccc1O)N1CC2CNCC2C1(C)C. The van der Waals surface area contributed by atoms with Gasteiger partial charge in [-0.25, -0.2) is 0 Å². The first-order valence-electron chi connectivity index (χ1n) is 7.27. The molecule has 0 bridgehead atoms. The summed E-state index contributed by atoms with van der Waals surface area (Å²) in [4.78, 5) is 2.57. The quantitative estimate of drug-likeness (QED) is 0.857. The van der Waals surface area contributed by atoms with Gasteiger partial charge in [-0.3, -0.25) is 4.90 Å². The highest BCUT2D eigenvalue weighted by atomic mass is 16.3. The Morgan fingerprint density at radius 2 is 2.05 bits per heavy atom. The Balaban J connectivity index is 1.89. The van der Waals surface area contributed by atoms with E-state index in [0.29, 0.717) is 5.75 Å². The van der Waals surface area contributed by atoms with Gasteiger partial charge in [0, 0.05) is 30.2 Å². The van der Waals surface area contributed by atoms with E-state index in [1.54, 1.807) is 6.07 Å². The van der Waals surface area contributed by atoms with Gasteiger partial charge in [-0.05, 0) is 45.2 Å². The third-order valence-corrected chi connectivity index (χ3v) is 5.27. The number of nitrogens with zero attached hydrogens (tertiary/aromatic N) is 1. The summed E-state index contributed by atoms with van der Waals surface area (Å²) in [6, 6.07) is 8.00. The number of phenolic OH excluding ortho intramolecular Hbond substituents is 1. The number of nitrogens with one attached hydrogen (secondary N) is 1. The number of aromatic hydroxyl groups is 1. The van der Waals surface area contributed by atoms with Gasteiger partial charge in [0.2, 0.25) is 0 Å². The lowest BCUT2D eigenvalue weighted by atomic mass is 9.84. The van der Waals surface area contributed by atoms with Gasteiger partial charge in [0.05, 0.1) is 0 Å². The Morgan fingerprint density at radius 3 is 2.74 bits per heavy atom. The van der Waals surface area contributed by atoms with Crippen molar-refractivity contribution in [3.05, 3.63) is 29.8 Å². The Kier molecular flexibility index (Phi) is 3.06. The van der Waals surface area contributed by atoms with Crippen LogP contribution >= 0.6 is 0 Å². The first-order valence-corrected chi connectivity index (χ1v) is 7.27. The first-order chi connectivity index (χ1) is 9.01. The average Bonchev–Trinajstić information content (AvgIpc) is 2.92. The maximum Gasteiger partial charge on any atom is 0.120 e. The fourth-order valence-corrected chi connectivity index (χ4v) is 4.12. The first kappa shape index (κ1) is 12.9. The summed E-state index contributed by atoms with van der Waals surface area (Å²) in [5.41, 5.74) is 1.24. The predicted molar refractivity (Wildman–Crippen MR) is 77.2 cm³/mol. The van der Waals surface area contributed by atoms with E-state index >= 15 is 0 Å². The zero-order valence-corrected chi connectivity index (χ0v) is 12.1. The van der Waals surface area contributed by atoms with Crippen molar-refractivity contribution in [3.8, 4) is 5.75 Å². The third-order valence-electron chi connectivity index (χ3n) is 5.27. The highest BCUT2D eigenvalue weighted by molar-refractivity contribution is 5.34. The molecular weight excluding hydrogens is 236 g/mol. The largest absolute Gasteiger partial charge is 0.508 e. The molecule has 0 spiro atoms. The molecule has 0 aromatic heterocycles. The van der Waals surface area contributed by atoms with E-state index < -0.39 is 0 Å². The van der Waals surface area contributed by atoms with Crippen molar-refractivity contribution in [1.29, 1.82) is 0 Å². The minimum atomic E-state index is 0.190. The van der Waals surface area contributed by atoms with E-state index in [0.717, 1.165) is 37.0 Å². The highest BCUT2D eigenvalue weighted by Crippen LogP contribution is 2.45. The molecule has 2 N–H and O–H groups in total. The van der Waals surface area contributed by atoms with Gasteiger partial charge in [0.15, 0.2) is 0 Å². The molecule has 104 valence electrons. The van der Waals surface area contributed by atoms with Crippen LogP contribution in [0.3, 0.4) is 0 Å². The van der Waals surface area contributed by atoms with Crippen LogP contribution in [0.15, 0.2) is 24.3 Å². The minimum Gasteiger partial charge on any atom is -0.508 e. The average molecular weight is 260 g/mol. The van der Waals surface area contributed by atoms with Crippen molar-refractivity contribution in [2.45, 2.75) is 32.4 Å². The van der Waals surface area contributed by atoms with Gasteiger partial charge in [-0.1, -0.05) is 18.2 Å². The molecule has 2 heterocycles. The zero-order valence-electron chi connectivity index (χ0n) is 12.1. The lowest BCUT2D eigenvalue weighted by Gasteiger charge is -2.40. The molecule has 3 unspecified atom stereocenters. The van der Waals surface area contributed by atoms with Crippen LogP contribution in [0.4, 0.5) is 0 Å². The standard InChI is InChI=1S/C16H24N2O/c1-11(13-6-4-5-7-15(13)19)18-10-12-8-17-9-14(12)16(18,2)3/h4-7,11-12,14,17,19H,8-10H2,1-3H3.